The summed E-state index contributed by atoms with van der Waals surface area (Å²) < 4.78 is 0.773. The maximum atomic E-state index is 11.7. The third-order valence-corrected chi connectivity index (χ3v) is 3.53. The van der Waals surface area contributed by atoms with E-state index in [-0.39, 0.29) is 11.9 Å². The van der Waals surface area contributed by atoms with Gasteiger partial charge in [0.15, 0.2) is 0 Å². The summed E-state index contributed by atoms with van der Waals surface area (Å²) in [5, 5.41) is 3.73. The van der Waals surface area contributed by atoms with E-state index in [1.165, 1.54) is 0 Å². The van der Waals surface area contributed by atoms with Crippen molar-refractivity contribution < 1.29 is 4.79 Å². The minimum Gasteiger partial charge on any atom is -0.373 e. The summed E-state index contributed by atoms with van der Waals surface area (Å²) in [6.07, 6.45) is 0. The Morgan fingerprint density at radius 3 is 2.69 bits per heavy atom. The molecule has 1 atom stereocenters. The number of benzene rings is 1. The number of rotatable bonds is 3. The molecule has 5 heteroatoms. The lowest BCUT2D eigenvalue weighted by Gasteiger charge is -2.19. The van der Waals surface area contributed by atoms with Gasteiger partial charge < -0.3 is 10.2 Å². The minimum absolute atomic E-state index is 0.0203. The van der Waals surface area contributed by atoms with E-state index in [1.807, 2.05) is 19.1 Å². The Balaban J connectivity index is 2.81. The first kappa shape index (κ1) is 13.3. The first-order chi connectivity index (χ1) is 7.43. The number of hydrogen-bond acceptors (Lipinski definition) is 2. The Bertz CT molecular complexity index is 396. The lowest BCUT2D eigenvalue weighted by Crippen LogP contribution is -2.36. The molecular weight excluding hydrogens is 291 g/mol. The maximum Gasteiger partial charge on any atom is 0.244 e. The van der Waals surface area contributed by atoms with Crippen molar-refractivity contribution >= 4 is 39.1 Å². The summed E-state index contributed by atoms with van der Waals surface area (Å²) in [4.78, 5) is 13.2. The zero-order chi connectivity index (χ0) is 12.3. The monoisotopic (exact) mass is 304 g/mol. The molecule has 88 valence electrons. The van der Waals surface area contributed by atoms with Crippen LogP contribution in [0.3, 0.4) is 0 Å². The van der Waals surface area contributed by atoms with Crippen LogP contribution in [-0.2, 0) is 4.79 Å². The molecule has 0 bridgehead atoms. The van der Waals surface area contributed by atoms with Gasteiger partial charge in [0, 0.05) is 14.1 Å². The summed E-state index contributed by atoms with van der Waals surface area (Å²) in [6, 6.07) is 5.21. The second kappa shape index (κ2) is 5.55. The van der Waals surface area contributed by atoms with Gasteiger partial charge in [0.05, 0.1) is 15.2 Å². The number of nitrogens with one attached hydrogen (secondary N) is 1. The standard InChI is InChI=1S/C11H14BrClN2O/c1-7(11(16)15(2)3)14-9-6-4-5-8(13)10(9)12/h4-7,14H,1-3H3. The molecule has 1 unspecified atom stereocenters. The van der Waals surface area contributed by atoms with Crippen molar-refractivity contribution in [2.24, 2.45) is 0 Å². The predicted molar refractivity (Wildman–Crippen MR) is 70.9 cm³/mol. The SMILES string of the molecule is CC(Nc1cccc(Cl)c1Br)C(=O)N(C)C. The Morgan fingerprint density at radius 2 is 2.12 bits per heavy atom. The molecule has 0 heterocycles. The first-order valence-corrected chi connectivity index (χ1v) is 6.02. The number of nitrogens with zero attached hydrogens (tertiary/aromatic N) is 1. The fourth-order valence-electron chi connectivity index (χ4n) is 1.30. The average Bonchev–Trinajstić information content (AvgIpc) is 2.23. The molecule has 0 aromatic heterocycles. The molecule has 0 spiro atoms. The van der Waals surface area contributed by atoms with Crippen LogP contribution in [0.4, 0.5) is 5.69 Å². The second-order valence-corrected chi connectivity index (χ2v) is 4.90. The van der Waals surface area contributed by atoms with Gasteiger partial charge in [0.25, 0.3) is 0 Å². The van der Waals surface area contributed by atoms with Crippen molar-refractivity contribution in [3.05, 3.63) is 27.7 Å². The fraction of sp³-hybridized carbons (Fsp3) is 0.364. The molecule has 0 saturated carbocycles. The van der Waals surface area contributed by atoms with E-state index in [0.29, 0.717) is 5.02 Å². The van der Waals surface area contributed by atoms with Crippen LogP contribution in [0.15, 0.2) is 22.7 Å². The summed E-state index contributed by atoms with van der Waals surface area (Å²) in [7, 11) is 3.46. The molecule has 1 rings (SSSR count). The molecule has 0 fully saturated rings. The van der Waals surface area contributed by atoms with Crippen molar-refractivity contribution in [2.45, 2.75) is 13.0 Å². The summed E-state index contributed by atoms with van der Waals surface area (Å²) >= 11 is 9.33. The molecule has 0 saturated heterocycles. The Morgan fingerprint density at radius 1 is 1.50 bits per heavy atom. The van der Waals surface area contributed by atoms with Crippen LogP contribution in [0.2, 0.25) is 5.02 Å². The van der Waals surface area contributed by atoms with Crippen LogP contribution in [0.1, 0.15) is 6.92 Å². The average molecular weight is 306 g/mol. The highest BCUT2D eigenvalue weighted by Gasteiger charge is 2.15. The van der Waals surface area contributed by atoms with E-state index in [1.54, 1.807) is 25.1 Å². The van der Waals surface area contributed by atoms with Crippen LogP contribution in [-0.4, -0.2) is 30.9 Å². The maximum absolute atomic E-state index is 11.7. The summed E-state index contributed by atoms with van der Waals surface area (Å²) in [6.45, 7) is 1.82. The highest BCUT2D eigenvalue weighted by Crippen LogP contribution is 2.30. The van der Waals surface area contributed by atoms with Gasteiger partial charge >= 0.3 is 0 Å². The van der Waals surface area contributed by atoms with Crippen molar-refractivity contribution in [1.82, 2.24) is 4.90 Å². The number of likely N-dealkylation sites (N-methyl/N-ethyl adjacent to an activating group) is 1. The van der Waals surface area contributed by atoms with E-state index in [2.05, 4.69) is 21.2 Å². The van der Waals surface area contributed by atoms with Gasteiger partial charge in [-0.2, -0.15) is 0 Å². The van der Waals surface area contributed by atoms with Crippen molar-refractivity contribution in [3.8, 4) is 0 Å². The number of halogens is 2. The van der Waals surface area contributed by atoms with E-state index in [9.17, 15) is 4.79 Å². The van der Waals surface area contributed by atoms with Crippen molar-refractivity contribution in [3.63, 3.8) is 0 Å². The Labute approximate surface area is 109 Å². The molecule has 1 N–H and O–H groups in total. The molecule has 0 aliphatic carbocycles. The first-order valence-electron chi connectivity index (χ1n) is 4.85. The van der Waals surface area contributed by atoms with Gasteiger partial charge in [-0.15, -0.1) is 0 Å². The van der Waals surface area contributed by atoms with Crippen LogP contribution in [0.5, 0.6) is 0 Å². The van der Waals surface area contributed by atoms with Crippen LogP contribution < -0.4 is 5.32 Å². The summed E-state index contributed by atoms with van der Waals surface area (Å²) in [5.41, 5.74) is 0.815. The molecule has 1 aromatic rings. The molecule has 0 aliphatic rings. The predicted octanol–water partition coefficient (Wildman–Crippen LogP) is 2.99. The molecule has 1 amide bonds. The quantitative estimate of drug-likeness (QED) is 0.931. The molecule has 0 aliphatic heterocycles. The number of hydrogen-bond donors (Lipinski definition) is 1. The van der Waals surface area contributed by atoms with Gasteiger partial charge in [-0.1, -0.05) is 17.7 Å². The van der Waals surface area contributed by atoms with Gasteiger partial charge in [-0.05, 0) is 35.0 Å². The van der Waals surface area contributed by atoms with E-state index in [4.69, 9.17) is 11.6 Å². The van der Waals surface area contributed by atoms with Crippen LogP contribution in [0, 0.1) is 0 Å². The Kier molecular flexibility index (Phi) is 4.62. The molecule has 1 aromatic carbocycles. The second-order valence-electron chi connectivity index (χ2n) is 3.70. The largest absolute Gasteiger partial charge is 0.373 e. The number of anilines is 1. The zero-order valence-corrected chi connectivity index (χ0v) is 11.8. The summed E-state index contributed by atoms with van der Waals surface area (Å²) in [5.74, 6) is 0.0203. The number of amides is 1. The fourth-order valence-corrected chi connectivity index (χ4v) is 1.85. The highest BCUT2D eigenvalue weighted by molar-refractivity contribution is 9.10. The van der Waals surface area contributed by atoms with Gasteiger partial charge in [0.2, 0.25) is 5.91 Å². The van der Waals surface area contributed by atoms with Gasteiger partial charge in [-0.25, -0.2) is 0 Å². The van der Waals surface area contributed by atoms with E-state index >= 15 is 0 Å². The normalized spacial score (nSPS) is 12.1. The van der Waals surface area contributed by atoms with E-state index < -0.39 is 0 Å². The highest BCUT2D eigenvalue weighted by atomic mass is 79.9. The molecule has 16 heavy (non-hydrogen) atoms. The smallest absolute Gasteiger partial charge is 0.244 e. The molecule has 3 nitrogen and oxygen atoms in total. The molecular formula is C11H14BrClN2O. The number of carbonyl (C=O) groups excluding carboxylic acids is 1. The number of carbonyl (C=O) groups is 1. The van der Waals surface area contributed by atoms with Gasteiger partial charge in [-0.3, -0.25) is 4.79 Å². The van der Waals surface area contributed by atoms with Crippen LogP contribution in [0.25, 0.3) is 0 Å². The van der Waals surface area contributed by atoms with E-state index in [0.717, 1.165) is 10.2 Å². The van der Waals surface area contributed by atoms with Gasteiger partial charge in [0.1, 0.15) is 6.04 Å². The topological polar surface area (TPSA) is 32.3 Å². The van der Waals surface area contributed by atoms with Crippen molar-refractivity contribution in [1.29, 1.82) is 0 Å². The zero-order valence-electron chi connectivity index (χ0n) is 9.42. The molecule has 0 radical (unpaired) electrons. The lowest BCUT2D eigenvalue weighted by atomic mass is 10.2. The minimum atomic E-state index is -0.287. The van der Waals surface area contributed by atoms with Crippen LogP contribution >= 0.6 is 27.5 Å². The Hall–Kier alpha value is -0.740. The van der Waals surface area contributed by atoms with Crippen molar-refractivity contribution in [2.75, 3.05) is 19.4 Å². The third kappa shape index (κ3) is 3.12. The lowest BCUT2D eigenvalue weighted by molar-refractivity contribution is -0.129. The third-order valence-electron chi connectivity index (χ3n) is 2.13.